The number of thiophene rings is 1. The van der Waals surface area contributed by atoms with Crippen LogP contribution in [0.15, 0.2) is 5.38 Å². The Morgan fingerprint density at radius 3 is 2.56 bits per heavy atom. The fourth-order valence-corrected chi connectivity index (χ4v) is 6.10. The lowest BCUT2D eigenvalue weighted by molar-refractivity contribution is -0.145. The molecular weight excluding hydrogens is 340 g/mol. The highest BCUT2D eigenvalue weighted by molar-refractivity contribution is 7.10. The summed E-state index contributed by atoms with van der Waals surface area (Å²) in [7, 11) is 0. The second-order valence-electron chi connectivity index (χ2n) is 7.69. The van der Waals surface area contributed by atoms with Gasteiger partial charge in [-0.15, -0.1) is 11.3 Å². The number of carbonyl (C=O) groups is 3. The van der Waals surface area contributed by atoms with Gasteiger partial charge in [0.1, 0.15) is 0 Å². The van der Waals surface area contributed by atoms with E-state index < -0.39 is 11.8 Å². The third kappa shape index (κ3) is 2.15. The number of hydrazine groups is 1. The van der Waals surface area contributed by atoms with Crippen LogP contribution in [0, 0.1) is 17.8 Å². The maximum absolute atomic E-state index is 12.7. The Morgan fingerprint density at radius 1 is 1.20 bits per heavy atom. The lowest BCUT2D eigenvalue weighted by Crippen LogP contribution is -2.48. The van der Waals surface area contributed by atoms with E-state index in [2.05, 4.69) is 12.3 Å². The van der Waals surface area contributed by atoms with E-state index >= 15 is 0 Å². The van der Waals surface area contributed by atoms with Gasteiger partial charge >= 0.3 is 0 Å². The Hall–Kier alpha value is -1.73. The zero-order valence-corrected chi connectivity index (χ0v) is 14.8. The molecule has 3 aliphatic heterocycles. The van der Waals surface area contributed by atoms with Crippen LogP contribution in [0.25, 0.3) is 0 Å². The largest absolute Gasteiger partial charge is 0.373 e. The fraction of sp³-hybridized carbons (Fsp3) is 0.611. The number of nitrogens with one attached hydrogen (secondary N) is 1. The van der Waals surface area contributed by atoms with Gasteiger partial charge in [0, 0.05) is 10.3 Å². The number of ether oxygens (including phenoxy) is 1. The molecule has 0 saturated carbocycles. The predicted octanol–water partition coefficient (Wildman–Crippen LogP) is 1.68. The maximum Gasteiger partial charge on any atom is 0.271 e. The van der Waals surface area contributed by atoms with E-state index in [-0.39, 0.29) is 29.9 Å². The number of hydrogen-bond acceptors (Lipinski definition) is 5. The number of carbonyl (C=O) groups excluding carboxylic acids is 3. The lowest BCUT2D eigenvalue weighted by Gasteiger charge is -2.21. The number of nitrogens with zero attached hydrogens (tertiary/aromatic N) is 1. The average molecular weight is 360 g/mol. The molecule has 2 bridgehead atoms. The molecule has 3 saturated heterocycles. The van der Waals surface area contributed by atoms with E-state index in [0.717, 1.165) is 42.7 Å². The average Bonchev–Trinajstić information content (AvgIpc) is 3.34. The summed E-state index contributed by atoms with van der Waals surface area (Å²) in [6.07, 6.45) is 4.27. The van der Waals surface area contributed by atoms with Crippen molar-refractivity contribution in [3.8, 4) is 0 Å². The molecule has 0 aromatic carbocycles. The minimum atomic E-state index is -0.413. The molecule has 4 heterocycles. The first kappa shape index (κ1) is 15.5. The van der Waals surface area contributed by atoms with E-state index in [4.69, 9.17) is 4.74 Å². The van der Waals surface area contributed by atoms with Gasteiger partial charge in [-0.3, -0.25) is 19.8 Å². The molecule has 7 heteroatoms. The van der Waals surface area contributed by atoms with Gasteiger partial charge in [0.15, 0.2) is 0 Å². The summed E-state index contributed by atoms with van der Waals surface area (Å²) >= 11 is 1.60. The van der Waals surface area contributed by atoms with Gasteiger partial charge in [-0.2, -0.15) is 5.01 Å². The Balaban J connectivity index is 1.37. The molecule has 5 atom stereocenters. The van der Waals surface area contributed by atoms with Crippen molar-refractivity contribution < 1.29 is 19.1 Å². The van der Waals surface area contributed by atoms with E-state index in [0.29, 0.717) is 11.5 Å². The first-order valence-corrected chi connectivity index (χ1v) is 9.86. The van der Waals surface area contributed by atoms with Crippen LogP contribution in [-0.4, -0.2) is 34.9 Å². The Bertz CT molecular complexity index is 760. The molecule has 1 aromatic rings. The zero-order chi connectivity index (χ0) is 17.3. The maximum atomic E-state index is 12.7. The second-order valence-corrected chi connectivity index (χ2v) is 8.66. The van der Waals surface area contributed by atoms with Gasteiger partial charge in [0.2, 0.25) is 0 Å². The molecule has 3 fully saturated rings. The van der Waals surface area contributed by atoms with E-state index in [9.17, 15) is 14.4 Å². The molecule has 25 heavy (non-hydrogen) atoms. The summed E-state index contributed by atoms with van der Waals surface area (Å²) in [5.41, 5.74) is 4.29. The van der Waals surface area contributed by atoms with Gasteiger partial charge < -0.3 is 4.74 Å². The molecular formula is C18H20N2O4S. The Morgan fingerprint density at radius 2 is 1.88 bits per heavy atom. The van der Waals surface area contributed by atoms with Crippen LogP contribution in [0.5, 0.6) is 0 Å². The highest BCUT2D eigenvalue weighted by Crippen LogP contribution is 2.48. The molecule has 1 aliphatic carbocycles. The molecule has 5 rings (SSSR count). The van der Waals surface area contributed by atoms with Crippen molar-refractivity contribution in [2.45, 2.75) is 51.2 Å². The smallest absolute Gasteiger partial charge is 0.271 e. The van der Waals surface area contributed by atoms with Crippen LogP contribution in [0.3, 0.4) is 0 Å². The monoisotopic (exact) mass is 360 g/mol. The molecule has 4 aliphatic rings. The molecule has 0 radical (unpaired) electrons. The third-order valence-electron chi connectivity index (χ3n) is 6.14. The SMILES string of the molecule is C[C@@H]1CCc2c(C(=O)NN3C(=O)[C@@H]4[C@H](C3=O)[C@@H]3CC[C@H]4O3)csc2C1. The number of amides is 3. The van der Waals surface area contributed by atoms with Crippen LogP contribution < -0.4 is 5.43 Å². The molecule has 1 aromatic heterocycles. The van der Waals surface area contributed by atoms with E-state index in [1.165, 1.54) is 4.88 Å². The van der Waals surface area contributed by atoms with Crippen molar-refractivity contribution in [3.05, 3.63) is 21.4 Å². The van der Waals surface area contributed by atoms with E-state index in [1.807, 2.05) is 5.38 Å². The van der Waals surface area contributed by atoms with Crippen molar-refractivity contribution in [1.29, 1.82) is 0 Å². The van der Waals surface area contributed by atoms with Crippen LogP contribution in [-0.2, 0) is 27.2 Å². The molecule has 3 amide bonds. The molecule has 0 unspecified atom stereocenters. The molecule has 0 spiro atoms. The summed E-state index contributed by atoms with van der Waals surface area (Å²) in [5.74, 6) is -1.16. The molecule has 6 nitrogen and oxygen atoms in total. The minimum Gasteiger partial charge on any atom is -0.373 e. The summed E-state index contributed by atoms with van der Waals surface area (Å²) in [5, 5.41) is 2.82. The Kier molecular flexibility index (Phi) is 3.34. The van der Waals surface area contributed by atoms with Crippen LogP contribution in [0.4, 0.5) is 0 Å². The van der Waals surface area contributed by atoms with E-state index in [1.54, 1.807) is 11.3 Å². The van der Waals surface area contributed by atoms with Crippen LogP contribution >= 0.6 is 11.3 Å². The predicted molar refractivity (Wildman–Crippen MR) is 89.7 cm³/mol. The van der Waals surface area contributed by atoms with Crippen molar-refractivity contribution in [2.24, 2.45) is 17.8 Å². The van der Waals surface area contributed by atoms with Crippen molar-refractivity contribution in [3.63, 3.8) is 0 Å². The van der Waals surface area contributed by atoms with Crippen LogP contribution in [0.1, 0.15) is 47.0 Å². The standard InChI is InChI=1S/C18H20N2O4S/c1-8-2-3-9-10(7-25-13(9)6-8)16(21)19-20-17(22)14-11-4-5-12(24-11)15(14)18(20)23/h7-8,11-12,14-15H,2-6H2,1H3,(H,19,21)/t8-,11-,12+,14+,15-/m1/s1. The quantitative estimate of drug-likeness (QED) is 0.814. The van der Waals surface area contributed by atoms with Crippen molar-refractivity contribution in [1.82, 2.24) is 10.4 Å². The lowest BCUT2D eigenvalue weighted by atomic mass is 9.81. The minimum absolute atomic E-state index is 0.163. The molecule has 1 N–H and O–H groups in total. The number of hydrogen-bond donors (Lipinski definition) is 1. The number of imide groups is 1. The highest BCUT2D eigenvalue weighted by Gasteiger charge is 2.62. The summed E-state index contributed by atoms with van der Waals surface area (Å²) in [4.78, 5) is 39.3. The van der Waals surface area contributed by atoms with Gasteiger partial charge in [-0.1, -0.05) is 6.92 Å². The molecule has 132 valence electrons. The van der Waals surface area contributed by atoms with Gasteiger partial charge in [-0.05, 0) is 43.6 Å². The first-order chi connectivity index (χ1) is 12.0. The van der Waals surface area contributed by atoms with Gasteiger partial charge in [0.05, 0.1) is 29.6 Å². The second kappa shape index (κ2) is 5.38. The highest BCUT2D eigenvalue weighted by atomic mass is 32.1. The summed E-state index contributed by atoms with van der Waals surface area (Å²) in [6.45, 7) is 2.22. The topological polar surface area (TPSA) is 75.7 Å². The van der Waals surface area contributed by atoms with Gasteiger partial charge in [-0.25, -0.2) is 0 Å². The first-order valence-electron chi connectivity index (χ1n) is 8.98. The van der Waals surface area contributed by atoms with Crippen LogP contribution in [0.2, 0.25) is 0 Å². The zero-order valence-electron chi connectivity index (χ0n) is 14.0. The number of fused-ring (bicyclic) bond motifs is 6. The fourth-order valence-electron chi connectivity index (χ4n) is 4.85. The third-order valence-corrected chi connectivity index (χ3v) is 7.20. The van der Waals surface area contributed by atoms with Gasteiger partial charge in [0.25, 0.3) is 17.7 Å². The van der Waals surface area contributed by atoms with Crippen molar-refractivity contribution in [2.75, 3.05) is 0 Å². The summed E-state index contributed by atoms with van der Waals surface area (Å²) in [6, 6.07) is 0. The summed E-state index contributed by atoms with van der Waals surface area (Å²) < 4.78 is 5.71. The Labute approximate surface area is 149 Å². The number of rotatable bonds is 2. The normalized spacial score (nSPS) is 35.9. The van der Waals surface area contributed by atoms with Crippen molar-refractivity contribution >= 4 is 29.1 Å².